The van der Waals surface area contributed by atoms with Crippen molar-refractivity contribution in [1.82, 2.24) is 0 Å². The molecule has 0 aliphatic carbocycles. The van der Waals surface area contributed by atoms with Gasteiger partial charge in [-0.15, -0.1) is 0 Å². The van der Waals surface area contributed by atoms with Crippen molar-refractivity contribution in [3.8, 4) is 0 Å². The Labute approximate surface area is 70.3 Å². The van der Waals surface area contributed by atoms with Gasteiger partial charge in [-0.2, -0.15) is 0 Å². The summed E-state index contributed by atoms with van der Waals surface area (Å²) in [4.78, 5) is 0. The summed E-state index contributed by atoms with van der Waals surface area (Å²) in [5, 5.41) is 0. The fraction of sp³-hybridized carbons (Fsp3) is 0. The molecule has 0 saturated heterocycles. The molecular weight excluding hydrogens is 286 g/mol. The van der Waals surface area contributed by atoms with Crippen LogP contribution in [-0.4, -0.2) is 0 Å². The predicted octanol–water partition coefficient (Wildman–Crippen LogP) is 2.75. The van der Waals surface area contributed by atoms with Gasteiger partial charge in [0, 0.05) is 21.7 Å². The first-order chi connectivity index (χ1) is 2.00. The molecule has 0 aromatic rings. The summed E-state index contributed by atoms with van der Waals surface area (Å²) in [7, 11) is 20.1. The zero-order valence-corrected chi connectivity index (χ0v) is 9.01. The average molecular weight is 286 g/mol. The molecule has 0 fully saturated rings. The van der Waals surface area contributed by atoms with E-state index in [2.05, 4.69) is 0 Å². The Balaban J connectivity index is 0. The summed E-state index contributed by atoms with van der Waals surface area (Å²) >= 11 is -3.13. The number of rotatable bonds is 0. The summed E-state index contributed by atoms with van der Waals surface area (Å²) in [5.41, 5.74) is 0. The van der Waals surface area contributed by atoms with Gasteiger partial charge in [-0.05, 0) is 0 Å². The Morgan fingerprint density at radius 2 is 0.833 bits per heavy atom. The van der Waals surface area contributed by atoms with Gasteiger partial charge in [-0.1, -0.05) is 0 Å². The predicted molar refractivity (Wildman–Crippen MR) is 23.4 cm³/mol. The van der Waals surface area contributed by atoms with Gasteiger partial charge in [-0.25, -0.2) is 0 Å². The third-order valence-corrected chi connectivity index (χ3v) is 0. The number of hydrogen-bond donors (Lipinski definition) is 0. The maximum atomic E-state index is 5.02. The zero-order valence-electron chi connectivity index (χ0n) is 2.42. The summed E-state index contributed by atoms with van der Waals surface area (Å²) < 4.78 is 0. The van der Waals surface area contributed by atoms with E-state index in [0.717, 1.165) is 0 Å². The van der Waals surface area contributed by atoms with Gasteiger partial charge in [0.1, 0.15) is 0 Å². The van der Waals surface area contributed by atoms with Crippen molar-refractivity contribution in [2.75, 3.05) is 0 Å². The molecule has 0 spiro atoms. The van der Waals surface area contributed by atoms with Gasteiger partial charge in [0.15, 0.2) is 0 Å². The maximum absolute atomic E-state index is 5.02. The third-order valence-electron chi connectivity index (χ3n) is 0. The summed E-state index contributed by atoms with van der Waals surface area (Å²) in [6.07, 6.45) is 0. The molecule has 0 aromatic heterocycles. The fourth-order valence-electron chi connectivity index (χ4n) is 0. The maximum Gasteiger partial charge on any atom is 0 e. The van der Waals surface area contributed by atoms with Crippen molar-refractivity contribution in [2.24, 2.45) is 0 Å². The Morgan fingerprint density at radius 3 is 0.833 bits per heavy atom. The minimum absolute atomic E-state index is 0. The van der Waals surface area contributed by atoms with Crippen LogP contribution in [0.5, 0.6) is 0 Å². The van der Waals surface area contributed by atoms with E-state index in [1.165, 1.54) is 0 Å². The van der Waals surface area contributed by atoms with Crippen LogP contribution in [0.2, 0.25) is 0 Å². The van der Waals surface area contributed by atoms with Crippen LogP contribution in [0, 0.1) is 0 Å². The molecule has 0 atom stereocenters. The molecule has 0 heterocycles. The van der Waals surface area contributed by atoms with Gasteiger partial charge in [0.2, 0.25) is 0 Å². The standard InChI is InChI=1S/4ClH.Mo.Ti/h4*1H;;/q;;;;+4;/p-4. The van der Waals surface area contributed by atoms with Crippen LogP contribution in [0.4, 0.5) is 0 Å². The number of halogens is 4. The largest absolute Gasteiger partial charge is 0 e. The molecule has 0 saturated carbocycles. The zero-order chi connectivity index (χ0) is 4.50. The van der Waals surface area contributed by atoms with E-state index in [4.69, 9.17) is 37.7 Å². The Morgan fingerprint density at radius 1 is 0.833 bits per heavy atom. The van der Waals surface area contributed by atoms with Crippen LogP contribution in [0.3, 0.4) is 0 Å². The first kappa shape index (κ1) is 11.4. The summed E-state index contributed by atoms with van der Waals surface area (Å²) in [5.74, 6) is 0. The molecule has 6 heavy (non-hydrogen) atoms. The van der Waals surface area contributed by atoms with Crippen molar-refractivity contribution < 1.29 is 33.6 Å². The van der Waals surface area contributed by atoms with E-state index in [1.54, 1.807) is 0 Å². The van der Waals surface area contributed by atoms with Crippen LogP contribution in [0.1, 0.15) is 0 Å². The normalized spacial score (nSPS) is 12.7. The molecule has 0 aliphatic rings. The smallest absolute Gasteiger partial charge is 0 e. The minimum Gasteiger partial charge on any atom is 0 e. The molecule has 0 unspecified atom stereocenters. The van der Waals surface area contributed by atoms with E-state index in [9.17, 15) is 0 Å². The second kappa shape index (κ2) is 4.44. The average Bonchev–Trinajstić information content (AvgIpc) is 0.722. The van der Waals surface area contributed by atoms with E-state index in [1.807, 2.05) is 0 Å². The van der Waals surface area contributed by atoms with Crippen LogP contribution < -0.4 is 0 Å². The number of hydrogen-bond acceptors (Lipinski definition) is 0. The first-order valence-corrected chi connectivity index (χ1v) is 11.0. The van der Waals surface area contributed by atoms with E-state index in [-0.39, 0.29) is 21.7 Å². The van der Waals surface area contributed by atoms with Crippen molar-refractivity contribution in [1.29, 1.82) is 0 Å². The Hall–Kier alpha value is 2.56. The molecule has 0 amide bonds. The molecule has 0 aromatic carbocycles. The molecular formula is Cl4MoTi. The SMILES string of the molecule is [Cl][Mo]([Cl])([Cl])[Cl].[Ti]. The topological polar surface area (TPSA) is 0 Å². The molecule has 0 rings (SSSR count). The van der Waals surface area contributed by atoms with Crippen LogP contribution >= 0.6 is 37.7 Å². The van der Waals surface area contributed by atoms with Crippen LogP contribution in [0.15, 0.2) is 0 Å². The Kier molecular flexibility index (Phi) is 8.42. The molecule has 0 nitrogen and oxygen atoms in total. The van der Waals surface area contributed by atoms with Gasteiger partial charge in [0.25, 0.3) is 0 Å². The van der Waals surface area contributed by atoms with E-state index >= 15 is 0 Å². The Bertz CT molecular complexity index is 23.0. The van der Waals surface area contributed by atoms with Crippen molar-refractivity contribution >= 4 is 37.7 Å². The van der Waals surface area contributed by atoms with E-state index in [0.29, 0.717) is 0 Å². The molecule has 6 heteroatoms. The molecule has 0 bridgehead atoms. The van der Waals surface area contributed by atoms with Crippen LogP contribution in [-0.2, 0) is 33.6 Å². The quantitative estimate of drug-likeness (QED) is 0.601. The minimum atomic E-state index is -3.13. The van der Waals surface area contributed by atoms with Gasteiger partial charge in [0.05, 0.1) is 0 Å². The second-order valence-corrected chi connectivity index (χ2v) is 18.6. The summed E-state index contributed by atoms with van der Waals surface area (Å²) in [6.45, 7) is 0. The van der Waals surface area contributed by atoms with Crippen molar-refractivity contribution in [2.45, 2.75) is 0 Å². The van der Waals surface area contributed by atoms with Crippen molar-refractivity contribution in [3.63, 3.8) is 0 Å². The molecule has 0 radical (unpaired) electrons. The first-order valence-electron chi connectivity index (χ1n) is 0.617. The fourth-order valence-corrected chi connectivity index (χ4v) is 0. The van der Waals surface area contributed by atoms with Crippen molar-refractivity contribution in [3.05, 3.63) is 0 Å². The van der Waals surface area contributed by atoms with Crippen LogP contribution in [0.25, 0.3) is 0 Å². The van der Waals surface area contributed by atoms with Gasteiger partial charge in [-0.3, -0.25) is 0 Å². The van der Waals surface area contributed by atoms with E-state index < -0.39 is 11.9 Å². The monoisotopic (exact) mass is 286 g/mol. The molecule has 38 valence electrons. The van der Waals surface area contributed by atoms with Gasteiger partial charge >= 0.3 is 49.6 Å². The van der Waals surface area contributed by atoms with Gasteiger partial charge < -0.3 is 0 Å². The molecule has 0 aliphatic heterocycles. The molecule has 0 N–H and O–H groups in total. The second-order valence-electron chi connectivity index (χ2n) is 0.350. The third kappa shape index (κ3) is 30.9. The summed E-state index contributed by atoms with van der Waals surface area (Å²) in [6, 6.07) is 0.